The molecule has 0 saturated heterocycles. The van der Waals surface area contributed by atoms with Gasteiger partial charge in [-0.1, -0.05) is 17.7 Å². The number of aromatic carboxylic acids is 1. The fourth-order valence-electron chi connectivity index (χ4n) is 1.34. The Morgan fingerprint density at radius 1 is 1.56 bits per heavy atom. The molecule has 2 rings (SSSR count). The van der Waals surface area contributed by atoms with Crippen molar-refractivity contribution in [3.63, 3.8) is 0 Å². The van der Waals surface area contributed by atoms with Crippen LogP contribution in [0, 0.1) is 6.92 Å². The van der Waals surface area contributed by atoms with E-state index in [4.69, 9.17) is 25.9 Å². The summed E-state index contributed by atoms with van der Waals surface area (Å²) in [5, 5.41) is 9.16. The van der Waals surface area contributed by atoms with Crippen LogP contribution < -0.4 is 4.74 Å². The molecule has 0 aliphatic rings. The van der Waals surface area contributed by atoms with Gasteiger partial charge in [0.15, 0.2) is 12.3 Å². The zero-order chi connectivity index (χ0) is 13.1. The molecule has 1 heterocycles. The molecular formula is C12H10ClNO4. The first-order valence-electron chi connectivity index (χ1n) is 5.13. The minimum absolute atomic E-state index is 0.0243. The summed E-state index contributed by atoms with van der Waals surface area (Å²) >= 11 is 5.95. The average molecular weight is 268 g/mol. The van der Waals surface area contributed by atoms with E-state index in [0.717, 1.165) is 11.8 Å². The van der Waals surface area contributed by atoms with Gasteiger partial charge in [0, 0.05) is 0 Å². The topological polar surface area (TPSA) is 72.6 Å². The van der Waals surface area contributed by atoms with Crippen LogP contribution >= 0.6 is 11.6 Å². The van der Waals surface area contributed by atoms with Crippen LogP contribution in [0.15, 0.2) is 28.9 Å². The molecule has 1 N–H and O–H groups in total. The van der Waals surface area contributed by atoms with Crippen molar-refractivity contribution >= 4 is 17.6 Å². The maximum atomic E-state index is 10.6. The Labute approximate surface area is 108 Å². The van der Waals surface area contributed by atoms with Gasteiger partial charge in [0.05, 0.1) is 5.02 Å². The third kappa shape index (κ3) is 2.81. The standard InChI is InChI=1S/C12H10ClNO4/c1-7-2-3-8(13)10(4-7)17-6-11-14-9(5-18-11)12(15)16/h2-5H,6H2,1H3,(H,15,16). The van der Waals surface area contributed by atoms with E-state index >= 15 is 0 Å². The Hall–Kier alpha value is -2.01. The van der Waals surface area contributed by atoms with Crippen LogP contribution in [-0.4, -0.2) is 16.1 Å². The molecule has 0 spiro atoms. The van der Waals surface area contributed by atoms with E-state index in [2.05, 4.69) is 4.98 Å². The Balaban J connectivity index is 2.06. The Morgan fingerprint density at radius 3 is 3.00 bits per heavy atom. The van der Waals surface area contributed by atoms with Crippen LogP contribution in [0.1, 0.15) is 21.9 Å². The average Bonchev–Trinajstić information content (AvgIpc) is 2.79. The molecule has 0 saturated carbocycles. The van der Waals surface area contributed by atoms with Crippen LogP contribution in [0.5, 0.6) is 5.75 Å². The molecule has 18 heavy (non-hydrogen) atoms. The lowest BCUT2D eigenvalue weighted by atomic mass is 10.2. The van der Waals surface area contributed by atoms with Crippen molar-refractivity contribution in [2.75, 3.05) is 0 Å². The van der Waals surface area contributed by atoms with Gasteiger partial charge >= 0.3 is 5.97 Å². The number of ether oxygens (including phenoxy) is 1. The van der Waals surface area contributed by atoms with Crippen molar-refractivity contribution in [3.05, 3.63) is 46.6 Å². The van der Waals surface area contributed by atoms with Gasteiger partial charge in [-0.05, 0) is 24.6 Å². The first-order chi connectivity index (χ1) is 8.56. The highest BCUT2D eigenvalue weighted by atomic mass is 35.5. The van der Waals surface area contributed by atoms with Crippen molar-refractivity contribution in [1.82, 2.24) is 4.98 Å². The molecule has 2 aromatic rings. The van der Waals surface area contributed by atoms with Crippen LogP contribution in [0.25, 0.3) is 0 Å². The van der Waals surface area contributed by atoms with Crippen LogP contribution in [0.2, 0.25) is 5.02 Å². The molecule has 0 fully saturated rings. The lowest BCUT2D eigenvalue weighted by Crippen LogP contribution is -1.99. The van der Waals surface area contributed by atoms with Gasteiger partial charge in [0.25, 0.3) is 0 Å². The highest BCUT2D eigenvalue weighted by Crippen LogP contribution is 2.25. The molecule has 1 aromatic carbocycles. The molecule has 0 aliphatic carbocycles. The highest BCUT2D eigenvalue weighted by Gasteiger charge is 2.11. The summed E-state index contributed by atoms with van der Waals surface area (Å²) in [6, 6.07) is 5.37. The van der Waals surface area contributed by atoms with Crippen LogP contribution in [0.3, 0.4) is 0 Å². The summed E-state index contributed by atoms with van der Waals surface area (Å²) in [5.41, 5.74) is 0.858. The normalized spacial score (nSPS) is 10.3. The Morgan fingerprint density at radius 2 is 2.33 bits per heavy atom. The second-order valence-electron chi connectivity index (χ2n) is 3.65. The lowest BCUT2D eigenvalue weighted by Gasteiger charge is -2.06. The van der Waals surface area contributed by atoms with Gasteiger partial charge in [-0.3, -0.25) is 0 Å². The number of hydrogen-bond donors (Lipinski definition) is 1. The zero-order valence-electron chi connectivity index (χ0n) is 9.51. The van der Waals surface area contributed by atoms with Gasteiger partial charge in [-0.15, -0.1) is 0 Å². The van der Waals surface area contributed by atoms with Gasteiger partial charge in [-0.25, -0.2) is 9.78 Å². The van der Waals surface area contributed by atoms with Crippen LogP contribution in [-0.2, 0) is 6.61 Å². The maximum absolute atomic E-state index is 10.6. The summed E-state index contributed by atoms with van der Waals surface area (Å²) < 4.78 is 10.4. The van der Waals surface area contributed by atoms with E-state index in [-0.39, 0.29) is 18.2 Å². The number of rotatable bonds is 4. The third-order valence-electron chi connectivity index (χ3n) is 2.21. The predicted molar refractivity (Wildman–Crippen MR) is 64.0 cm³/mol. The van der Waals surface area contributed by atoms with E-state index in [0.29, 0.717) is 10.8 Å². The summed E-state index contributed by atoms with van der Waals surface area (Å²) in [6.07, 6.45) is 1.07. The largest absolute Gasteiger partial charge is 0.482 e. The maximum Gasteiger partial charge on any atom is 0.357 e. The number of aromatic nitrogens is 1. The number of carboxylic acids is 1. The summed E-state index contributed by atoms with van der Waals surface area (Å²) in [4.78, 5) is 14.3. The molecule has 0 amide bonds. The Kier molecular flexibility index (Phi) is 3.53. The van der Waals surface area contributed by atoms with E-state index in [9.17, 15) is 4.79 Å². The van der Waals surface area contributed by atoms with E-state index < -0.39 is 5.97 Å². The van der Waals surface area contributed by atoms with Gasteiger partial charge in [0.1, 0.15) is 12.0 Å². The minimum Gasteiger partial charge on any atom is -0.482 e. The monoisotopic (exact) mass is 267 g/mol. The number of nitrogens with zero attached hydrogens (tertiary/aromatic N) is 1. The summed E-state index contributed by atoms with van der Waals surface area (Å²) in [7, 11) is 0. The number of halogens is 1. The first kappa shape index (κ1) is 12.4. The predicted octanol–water partition coefficient (Wildman–Crippen LogP) is 2.91. The Bertz CT molecular complexity index is 579. The molecule has 0 aliphatic heterocycles. The summed E-state index contributed by atoms with van der Waals surface area (Å²) in [5.74, 6) is -0.449. The molecule has 5 nitrogen and oxygen atoms in total. The molecule has 0 radical (unpaired) electrons. The van der Waals surface area contributed by atoms with Crippen molar-refractivity contribution in [3.8, 4) is 5.75 Å². The lowest BCUT2D eigenvalue weighted by molar-refractivity contribution is 0.0690. The van der Waals surface area contributed by atoms with E-state index in [1.54, 1.807) is 12.1 Å². The molecule has 6 heteroatoms. The van der Waals surface area contributed by atoms with Crippen LogP contribution in [0.4, 0.5) is 0 Å². The molecule has 0 atom stereocenters. The second-order valence-corrected chi connectivity index (χ2v) is 4.06. The molecule has 1 aromatic heterocycles. The van der Waals surface area contributed by atoms with Gasteiger partial charge < -0.3 is 14.3 Å². The zero-order valence-corrected chi connectivity index (χ0v) is 10.3. The minimum atomic E-state index is -1.14. The van der Waals surface area contributed by atoms with E-state index in [1.165, 1.54) is 0 Å². The van der Waals surface area contributed by atoms with Crippen molar-refractivity contribution < 1.29 is 19.1 Å². The number of carbonyl (C=O) groups is 1. The van der Waals surface area contributed by atoms with Crippen molar-refractivity contribution in [2.45, 2.75) is 13.5 Å². The quantitative estimate of drug-likeness (QED) is 0.922. The fourth-order valence-corrected chi connectivity index (χ4v) is 1.51. The number of oxazole rings is 1. The van der Waals surface area contributed by atoms with Crippen molar-refractivity contribution in [2.24, 2.45) is 0 Å². The molecular weight excluding hydrogens is 258 g/mol. The second kappa shape index (κ2) is 5.10. The van der Waals surface area contributed by atoms with Gasteiger partial charge in [0.2, 0.25) is 5.89 Å². The fraction of sp³-hybridized carbons (Fsp3) is 0.167. The number of aryl methyl sites for hydroxylation is 1. The number of benzene rings is 1. The number of carboxylic acid groups (broad SMARTS) is 1. The summed E-state index contributed by atoms with van der Waals surface area (Å²) in [6.45, 7) is 1.94. The smallest absolute Gasteiger partial charge is 0.357 e. The number of hydrogen-bond acceptors (Lipinski definition) is 4. The molecule has 94 valence electrons. The molecule has 0 unspecified atom stereocenters. The highest BCUT2D eigenvalue weighted by molar-refractivity contribution is 6.32. The third-order valence-corrected chi connectivity index (χ3v) is 2.52. The first-order valence-corrected chi connectivity index (χ1v) is 5.50. The van der Waals surface area contributed by atoms with E-state index in [1.807, 2.05) is 13.0 Å². The van der Waals surface area contributed by atoms with Crippen molar-refractivity contribution in [1.29, 1.82) is 0 Å². The van der Waals surface area contributed by atoms with Gasteiger partial charge in [-0.2, -0.15) is 0 Å². The SMILES string of the molecule is Cc1ccc(Cl)c(OCc2nc(C(=O)O)co2)c1. The molecule has 0 bridgehead atoms.